The summed E-state index contributed by atoms with van der Waals surface area (Å²) < 4.78 is 9.35. The number of para-hydroxylation sites is 1. The second kappa shape index (κ2) is 7.24. The Kier molecular flexibility index (Phi) is 4.77. The van der Waals surface area contributed by atoms with Crippen LogP contribution in [0.4, 0.5) is 0 Å². The summed E-state index contributed by atoms with van der Waals surface area (Å²) in [5, 5.41) is 9.07. The third-order valence-corrected chi connectivity index (χ3v) is 5.29. The second-order valence-electron chi connectivity index (χ2n) is 7.22. The second-order valence-corrected chi connectivity index (χ2v) is 7.22. The Hall–Kier alpha value is -2.93. The fourth-order valence-electron chi connectivity index (χ4n) is 4.00. The maximum Gasteiger partial charge on any atom is 0.272 e. The summed E-state index contributed by atoms with van der Waals surface area (Å²) in [6, 6.07) is 11.7. The highest BCUT2D eigenvalue weighted by Gasteiger charge is 2.34. The van der Waals surface area contributed by atoms with E-state index in [1.54, 1.807) is 11.7 Å². The average Bonchev–Trinajstić information content (AvgIpc) is 3.19. The van der Waals surface area contributed by atoms with E-state index in [1.807, 2.05) is 66.8 Å². The first-order chi connectivity index (χ1) is 13.5. The van der Waals surface area contributed by atoms with E-state index in [2.05, 4.69) is 5.10 Å². The fraction of sp³-hybridized carbons (Fsp3) is 0.381. The minimum Gasteiger partial charge on any atom is -0.377 e. The van der Waals surface area contributed by atoms with Crippen LogP contribution < -0.4 is 0 Å². The monoisotopic (exact) mass is 379 g/mol. The van der Waals surface area contributed by atoms with Crippen LogP contribution in [0.5, 0.6) is 0 Å². The largest absolute Gasteiger partial charge is 0.377 e. The van der Waals surface area contributed by atoms with Crippen molar-refractivity contribution in [2.24, 2.45) is 7.05 Å². The Morgan fingerprint density at radius 2 is 1.89 bits per heavy atom. The predicted molar refractivity (Wildman–Crippen MR) is 106 cm³/mol. The molecule has 1 aliphatic heterocycles. The third-order valence-electron chi connectivity index (χ3n) is 5.29. The van der Waals surface area contributed by atoms with E-state index in [1.165, 1.54) is 0 Å². The molecule has 3 heterocycles. The van der Waals surface area contributed by atoms with E-state index in [0.717, 1.165) is 28.3 Å². The van der Waals surface area contributed by atoms with Crippen LogP contribution in [-0.2, 0) is 11.8 Å². The first-order valence-corrected chi connectivity index (χ1v) is 9.48. The van der Waals surface area contributed by atoms with Crippen LogP contribution in [0.25, 0.3) is 5.69 Å². The molecule has 1 aliphatic rings. The lowest BCUT2D eigenvalue weighted by molar-refractivity contribution is -0.00360. The van der Waals surface area contributed by atoms with Crippen molar-refractivity contribution in [1.82, 2.24) is 24.5 Å². The molecule has 0 spiro atoms. The van der Waals surface area contributed by atoms with Gasteiger partial charge < -0.3 is 9.64 Å². The molecule has 0 radical (unpaired) electrons. The molecule has 1 amide bonds. The van der Waals surface area contributed by atoms with Gasteiger partial charge in [-0.25, -0.2) is 4.68 Å². The number of aryl methyl sites for hydroxylation is 3. The van der Waals surface area contributed by atoms with Crippen molar-refractivity contribution in [3.05, 3.63) is 64.7 Å². The lowest BCUT2D eigenvalue weighted by Crippen LogP contribution is -2.44. The van der Waals surface area contributed by atoms with Crippen LogP contribution in [0, 0.1) is 20.8 Å². The van der Waals surface area contributed by atoms with Crippen molar-refractivity contribution < 1.29 is 9.53 Å². The molecule has 1 fully saturated rings. The number of carbonyl (C=O) groups is 1. The first-order valence-electron chi connectivity index (χ1n) is 9.48. The van der Waals surface area contributed by atoms with E-state index in [9.17, 15) is 4.79 Å². The molecule has 2 aromatic heterocycles. The number of hydrogen-bond acceptors (Lipinski definition) is 4. The summed E-state index contributed by atoms with van der Waals surface area (Å²) in [6.07, 6.45) is 0. The average molecular weight is 379 g/mol. The Morgan fingerprint density at radius 1 is 1.14 bits per heavy atom. The molecule has 0 N–H and O–H groups in total. The van der Waals surface area contributed by atoms with Gasteiger partial charge >= 0.3 is 0 Å². The molecule has 7 heteroatoms. The molecule has 1 atom stereocenters. The zero-order valence-corrected chi connectivity index (χ0v) is 16.7. The van der Waals surface area contributed by atoms with Crippen molar-refractivity contribution in [2.75, 3.05) is 19.8 Å². The predicted octanol–water partition coefficient (Wildman–Crippen LogP) is 2.74. The van der Waals surface area contributed by atoms with Gasteiger partial charge in [0.2, 0.25) is 0 Å². The van der Waals surface area contributed by atoms with E-state index >= 15 is 0 Å². The quantitative estimate of drug-likeness (QED) is 0.702. The molecule has 1 saturated heterocycles. The minimum absolute atomic E-state index is 0.0253. The third kappa shape index (κ3) is 3.11. The van der Waals surface area contributed by atoms with Gasteiger partial charge in [0.25, 0.3) is 5.91 Å². The highest BCUT2D eigenvalue weighted by Crippen LogP contribution is 2.31. The van der Waals surface area contributed by atoms with E-state index in [0.29, 0.717) is 25.5 Å². The Morgan fingerprint density at radius 3 is 2.57 bits per heavy atom. The standard InChI is InChI=1S/C21H25N5O2/c1-14-12-18(24(4)22-14)21(27)25-10-11-28-13-19(25)20-15(2)23-26(16(20)3)17-8-6-5-7-9-17/h5-9,12,19H,10-11,13H2,1-4H3/t19-/m1/s1. The van der Waals surface area contributed by atoms with Crippen molar-refractivity contribution in [1.29, 1.82) is 0 Å². The Bertz CT molecular complexity index is 1010. The molecule has 0 bridgehead atoms. The Balaban J connectivity index is 1.74. The molecule has 0 saturated carbocycles. The van der Waals surface area contributed by atoms with E-state index in [4.69, 9.17) is 9.84 Å². The fourth-order valence-corrected chi connectivity index (χ4v) is 4.00. The number of amides is 1. The number of hydrogen-bond donors (Lipinski definition) is 0. The summed E-state index contributed by atoms with van der Waals surface area (Å²) in [5.74, 6) is -0.0253. The molecule has 0 unspecified atom stereocenters. The lowest BCUT2D eigenvalue weighted by atomic mass is 10.0. The van der Waals surface area contributed by atoms with Crippen LogP contribution in [0.3, 0.4) is 0 Å². The number of nitrogens with zero attached hydrogens (tertiary/aromatic N) is 5. The molecule has 1 aromatic carbocycles. The van der Waals surface area contributed by atoms with Crippen molar-refractivity contribution in [3.63, 3.8) is 0 Å². The summed E-state index contributed by atoms with van der Waals surface area (Å²) in [7, 11) is 1.81. The summed E-state index contributed by atoms with van der Waals surface area (Å²) in [6.45, 7) is 7.48. The maximum absolute atomic E-state index is 13.3. The molecule has 3 aromatic rings. The van der Waals surface area contributed by atoms with Gasteiger partial charge in [-0.1, -0.05) is 18.2 Å². The van der Waals surface area contributed by atoms with Crippen molar-refractivity contribution >= 4 is 5.91 Å². The number of rotatable bonds is 3. The van der Waals surface area contributed by atoms with Crippen molar-refractivity contribution in [3.8, 4) is 5.69 Å². The SMILES string of the molecule is Cc1cc(C(=O)N2CCOC[C@@H]2c2c(C)nn(-c3ccccc3)c2C)n(C)n1. The van der Waals surface area contributed by atoms with Crippen LogP contribution in [0.15, 0.2) is 36.4 Å². The zero-order chi connectivity index (χ0) is 19.8. The molecular formula is C21H25N5O2. The van der Waals surface area contributed by atoms with Gasteiger partial charge in [0.15, 0.2) is 0 Å². The molecule has 4 rings (SSSR count). The molecular weight excluding hydrogens is 354 g/mol. The van der Waals surface area contributed by atoms with Gasteiger partial charge in [0, 0.05) is 24.8 Å². The van der Waals surface area contributed by atoms with Gasteiger partial charge in [-0.2, -0.15) is 10.2 Å². The zero-order valence-electron chi connectivity index (χ0n) is 16.7. The highest BCUT2D eigenvalue weighted by molar-refractivity contribution is 5.93. The van der Waals surface area contributed by atoms with Crippen LogP contribution in [0.2, 0.25) is 0 Å². The molecule has 0 aliphatic carbocycles. The van der Waals surface area contributed by atoms with Crippen LogP contribution in [-0.4, -0.2) is 50.1 Å². The number of carbonyl (C=O) groups excluding carboxylic acids is 1. The normalized spacial score (nSPS) is 17.1. The summed E-state index contributed by atoms with van der Waals surface area (Å²) >= 11 is 0. The highest BCUT2D eigenvalue weighted by atomic mass is 16.5. The Labute approximate surface area is 164 Å². The number of morpholine rings is 1. The van der Waals surface area contributed by atoms with Crippen LogP contribution >= 0.6 is 0 Å². The van der Waals surface area contributed by atoms with Crippen LogP contribution in [0.1, 0.15) is 39.2 Å². The lowest BCUT2D eigenvalue weighted by Gasteiger charge is -2.36. The maximum atomic E-state index is 13.3. The molecule has 146 valence electrons. The number of benzene rings is 1. The first kappa shape index (κ1) is 18.4. The van der Waals surface area contributed by atoms with Gasteiger partial charge in [-0.05, 0) is 39.0 Å². The van der Waals surface area contributed by atoms with Gasteiger partial charge in [0.1, 0.15) is 5.69 Å². The van der Waals surface area contributed by atoms with Gasteiger partial charge in [-0.3, -0.25) is 9.48 Å². The number of ether oxygens (including phenoxy) is 1. The summed E-state index contributed by atoms with van der Waals surface area (Å²) in [4.78, 5) is 15.2. The van der Waals surface area contributed by atoms with Gasteiger partial charge in [-0.15, -0.1) is 0 Å². The smallest absolute Gasteiger partial charge is 0.272 e. The minimum atomic E-state index is -0.172. The molecule has 7 nitrogen and oxygen atoms in total. The molecule has 28 heavy (non-hydrogen) atoms. The topological polar surface area (TPSA) is 65.2 Å². The van der Waals surface area contributed by atoms with E-state index in [-0.39, 0.29) is 11.9 Å². The van der Waals surface area contributed by atoms with Gasteiger partial charge in [0.05, 0.1) is 36.3 Å². The van der Waals surface area contributed by atoms with Crippen molar-refractivity contribution in [2.45, 2.75) is 26.8 Å². The van der Waals surface area contributed by atoms with E-state index < -0.39 is 0 Å². The number of aromatic nitrogens is 4. The summed E-state index contributed by atoms with van der Waals surface area (Å²) in [5.41, 5.74) is 5.42.